The molecule has 14 heteroatoms. The molecule has 39 heavy (non-hydrogen) atoms. The van der Waals surface area contributed by atoms with Crippen LogP contribution in [0.2, 0.25) is 0 Å². The molecular weight excluding hydrogens is 523 g/mol. The lowest BCUT2D eigenvalue weighted by molar-refractivity contribution is -0.284. The number of aryl methyl sites for hydroxylation is 1. The SMILES string of the molecule is CC(C)c1ccc(C2(C)C(=O)Nc3nc(-c4cn5ccnc5c(CCC(F)(F)C(F)(F)F)n4)nc(N)c32)cn1. The molecule has 4 aromatic heterocycles. The lowest BCUT2D eigenvalue weighted by Gasteiger charge is -2.23. The molecule has 3 N–H and O–H groups in total. The van der Waals surface area contributed by atoms with Crippen molar-refractivity contribution in [3.8, 4) is 11.5 Å². The zero-order valence-electron chi connectivity index (χ0n) is 21.0. The number of hydrogen-bond acceptors (Lipinski definition) is 7. The highest BCUT2D eigenvalue weighted by Crippen LogP contribution is 2.45. The number of nitrogens with two attached hydrogens (primary N) is 1. The number of carbonyl (C=O) groups excluding carboxylic acids is 1. The Morgan fingerprint density at radius 2 is 1.85 bits per heavy atom. The molecule has 0 saturated carbocycles. The number of nitrogens with one attached hydrogen (secondary N) is 1. The summed E-state index contributed by atoms with van der Waals surface area (Å²) < 4.78 is 66.8. The van der Waals surface area contributed by atoms with Crippen molar-refractivity contribution in [3.05, 3.63) is 59.4 Å². The van der Waals surface area contributed by atoms with Gasteiger partial charge < -0.3 is 15.5 Å². The van der Waals surface area contributed by atoms with Crippen molar-refractivity contribution in [2.75, 3.05) is 11.1 Å². The van der Waals surface area contributed by atoms with Gasteiger partial charge in [-0.1, -0.05) is 19.9 Å². The van der Waals surface area contributed by atoms with Crippen LogP contribution in [0.3, 0.4) is 0 Å². The molecule has 1 atom stereocenters. The number of rotatable bonds is 6. The first-order valence-corrected chi connectivity index (χ1v) is 12.0. The topological polar surface area (TPSA) is 124 Å². The quantitative estimate of drug-likeness (QED) is 0.337. The monoisotopic (exact) mass is 546 g/mol. The Kier molecular flexibility index (Phi) is 6.03. The van der Waals surface area contributed by atoms with Gasteiger partial charge in [0.15, 0.2) is 11.5 Å². The van der Waals surface area contributed by atoms with Crippen molar-refractivity contribution in [1.29, 1.82) is 0 Å². The van der Waals surface area contributed by atoms with Gasteiger partial charge in [-0.15, -0.1) is 0 Å². The first-order valence-electron chi connectivity index (χ1n) is 12.0. The summed E-state index contributed by atoms with van der Waals surface area (Å²) in [5, 5.41) is 2.71. The zero-order valence-corrected chi connectivity index (χ0v) is 21.0. The fourth-order valence-corrected chi connectivity index (χ4v) is 4.53. The molecule has 5 heterocycles. The third-order valence-corrected chi connectivity index (χ3v) is 6.84. The standard InChI is InChI=1S/C25H23F5N8O/c1-12(2)14-5-4-13(10-33-14)23(3)17-18(31)35-19(36-20(17)37-22(23)39)16-11-38-9-8-32-21(38)15(34-16)6-7-24(26,27)25(28,29)30/h4-5,8-12H,6-7H2,1-3H3,(H3,31,35,36,37,39). The summed E-state index contributed by atoms with van der Waals surface area (Å²) >= 11 is 0. The van der Waals surface area contributed by atoms with Crippen LogP contribution in [-0.4, -0.2) is 47.3 Å². The van der Waals surface area contributed by atoms with Gasteiger partial charge in [0.1, 0.15) is 22.7 Å². The van der Waals surface area contributed by atoms with Gasteiger partial charge >= 0.3 is 12.1 Å². The first kappa shape index (κ1) is 26.4. The smallest absolute Gasteiger partial charge is 0.383 e. The molecule has 0 saturated heterocycles. The van der Waals surface area contributed by atoms with Crippen molar-refractivity contribution >= 4 is 23.2 Å². The van der Waals surface area contributed by atoms with E-state index >= 15 is 0 Å². The minimum absolute atomic E-state index is 0.0264. The lowest BCUT2D eigenvalue weighted by Crippen LogP contribution is -2.36. The van der Waals surface area contributed by atoms with E-state index in [2.05, 4.69) is 30.2 Å². The number of fused-ring (bicyclic) bond motifs is 2. The fourth-order valence-electron chi connectivity index (χ4n) is 4.53. The number of hydrogen-bond donors (Lipinski definition) is 2. The van der Waals surface area contributed by atoms with E-state index in [9.17, 15) is 26.7 Å². The molecule has 4 aromatic rings. The second-order valence-corrected chi connectivity index (χ2v) is 9.79. The maximum Gasteiger partial charge on any atom is 0.453 e. The lowest BCUT2D eigenvalue weighted by atomic mass is 9.78. The third-order valence-electron chi connectivity index (χ3n) is 6.84. The molecule has 0 aromatic carbocycles. The molecule has 5 rings (SSSR count). The van der Waals surface area contributed by atoms with Crippen LogP contribution in [-0.2, 0) is 16.6 Å². The van der Waals surface area contributed by atoms with Crippen LogP contribution in [0, 0.1) is 0 Å². The fraction of sp³-hybridized carbons (Fsp3) is 0.360. The molecule has 0 bridgehead atoms. The number of aromatic nitrogens is 6. The number of amides is 1. The van der Waals surface area contributed by atoms with E-state index in [0.717, 1.165) is 5.69 Å². The molecule has 1 amide bonds. The number of nitrogen functional groups attached to an aromatic ring is 1. The van der Waals surface area contributed by atoms with Gasteiger partial charge in [-0.05, 0) is 30.9 Å². The van der Waals surface area contributed by atoms with Gasteiger partial charge in [0.25, 0.3) is 0 Å². The van der Waals surface area contributed by atoms with Crippen LogP contribution < -0.4 is 11.1 Å². The predicted octanol–water partition coefficient (Wildman–Crippen LogP) is 4.68. The number of anilines is 2. The second kappa shape index (κ2) is 8.92. The minimum atomic E-state index is -5.69. The highest BCUT2D eigenvalue weighted by Gasteiger charge is 2.56. The molecule has 204 valence electrons. The highest BCUT2D eigenvalue weighted by molar-refractivity contribution is 6.09. The van der Waals surface area contributed by atoms with Crippen LogP contribution in [0.1, 0.15) is 55.6 Å². The average molecular weight is 547 g/mol. The number of halogens is 5. The van der Waals surface area contributed by atoms with Crippen LogP contribution in [0.25, 0.3) is 17.2 Å². The summed E-state index contributed by atoms with van der Waals surface area (Å²) in [4.78, 5) is 34.6. The number of pyridine rings is 1. The van der Waals surface area contributed by atoms with Crippen molar-refractivity contribution in [1.82, 2.24) is 29.3 Å². The van der Waals surface area contributed by atoms with Crippen LogP contribution in [0.4, 0.5) is 33.6 Å². The largest absolute Gasteiger partial charge is 0.453 e. The Labute approximate surface area is 218 Å². The van der Waals surface area contributed by atoms with Gasteiger partial charge in [-0.2, -0.15) is 22.0 Å². The molecule has 0 radical (unpaired) electrons. The summed E-state index contributed by atoms with van der Waals surface area (Å²) in [6.45, 7) is 5.67. The Morgan fingerprint density at radius 3 is 2.49 bits per heavy atom. The van der Waals surface area contributed by atoms with E-state index in [4.69, 9.17) is 5.73 Å². The van der Waals surface area contributed by atoms with Gasteiger partial charge in [0.05, 0.1) is 11.3 Å². The first-order chi connectivity index (χ1) is 18.2. The summed E-state index contributed by atoms with van der Waals surface area (Å²) in [5.74, 6) is -5.06. The predicted molar refractivity (Wildman–Crippen MR) is 131 cm³/mol. The molecule has 1 unspecified atom stereocenters. The molecule has 0 spiro atoms. The Hall–Kier alpha value is -4.23. The zero-order chi connectivity index (χ0) is 28.3. The number of nitrogens with zero attached hydrogens (tertiary/aromatic N) is 6. The van der Waals surface area contributed by atoms with Crippen molar-refractivity contribution in [3.63, 3.8) is 0 Å². The van der Waals surface area contributed by atoms with E-state index in [1.165, 1.54) is 23.0 Å². The third kappa shape index (κ3) is 4.33. The Balaban J connectivity index is 1.55. The van der Waals surface area contributed by atoms with E-state index in [0.29, 0.717) is 11.1 Å². The van der Waals surface area contributed by atoms with Crippen molar-refractivity contribution in [2.45, 2.75) is 57.0 Å². The number of imidazole rings is 1. The van der Waals surface area contributed by atoms with Crippen LogP contribution >= 0.6 is 0 Å². The van der Waals surface area contributed by atoms with Crippen LogP contribution in [0.15, 0.2) is 36.9 Å². The molecule has 1 aliphatic rings. The van der Waals surface area contributed by atoms with Crippen molar-refractivity contribution < 1.29 is 26.7 Å². The maximum absolute atomic E-state index is 13.6. The molecule has 0 aliphatic carbocycles. The Bertz CT molecular complexity index is 1580. The molecule has 1 aliphatic heterocycles. The summed E-state index contributed by atoms with van der Waals surface area (Å²) in [6, 6.07) is 3.62. The molecule has 0 fully saturated rings. The van der Waals surface area contributed by atoms with E-state index in [1.807, 2.05) is 19.9 Å². The van der Waals surface area contributed by atoms with E-state index in [-0.39, 0.29) is 40.4 Å². The van der Waals surface area contributed by atoms with Gasteiger partial charge in [0.2, 0.25) is 5.91 Å². The van der Waals surface area contributed by atoms with Gasteiger partial charge in [-0.25, -0.2) is 19.9 Å². The minimum Gasteiger partial charge on any atom is -0.383 e. The Morgan fingerprint density at radius 1 is 1.10 bits per heavy atom. The number of alkyl halides is 5. The average Bonchev–Trinajstić information content (AvgIpc) is 3.44. The summed E-state index contributed by atoms with van der Waals surface area (Å²) in [6.07, 6.45) is -2.03. The van der Waals surface area contributed by atoms with Gasteiger partial charge in [0, 0.05) is 36.9 Å². The molecule has 9 nitrogen and oxygen atoms in total. The normalized spacial score (nSPS) is 17.6. The molecular formula is C25H23F5N8O. The highest BCUT2D eigenvalue weighted by atomic mass is 19.4. The summed E-state index contributed by atoms with van der Waals surface area (Å²) in [5.41, 5.74) is 6.91. The summed E-state index contributed by atoms with van der Waals surface area (Å²) in [7, 11) is 0. The number of carbonyl (C=O) groups is 1. The van der Waals surface area contributed by atoms with E-state index < -0.39 is 36.3 Å². The van der Waals surface area contributed by atoms with E-state index in [1.54, 1.807) is 19.2 Å². The van der Waals surface area contributed by atoms with Crippen LogP contribution in [0.5, 0.6) is 0 Å². The maximum atomic E-state index is 13.6. The van der Waals surface area contributed by atoms with Crippen molar-refractivity contribution in [2.24, 2.45) is 0 Å². The second-order valence-electron chi connectivity index (χ2n) is 9.79. The van der Waals surface area contributed by atoms with Gasteiger partial charge in [-0.3, -0.25) is 9.78 Å².